The van der Waals surface area contributed by atoms with Crippen molar-refractivity contribution in [2.75, 3.05) is 0 Å². The maximum atomic E-state index is 5.82. The van der Waals surface area contributed by atoms with Crippen LogP contribution < -0.4 is 0 Å². The zero-order valence-electron chi connectivity index (χ0n) is 6.25. The molecule has 0 radical (unpaired) electrons. The predicted molar refractivity (Wildman–Crippen MR) is 51.2 cm³/mol. The SMILES string of the molecule is Cn1c(Cl)nc2c(Br)ccnc21. The third-order valence-corrected chi connectivity index (χ3v) is 2.63. The van der Waals surface area contributed by atoms with E-state index in [9.17, 15) is 0 Å². The first kappa shape index (κ1) is 8.01. The highest BCUT2D eigenvalue weighted by atomic mass is 79.9. The zero-order valence-corrected chi connectivity index (χ0v) is 8.59. The number of nitrogens with zero attached hydrogens (tertiary/aromatic N) is 3. The van der Waals surface area contributed by atoms with Crippen LogP contribution in [0.1, 0.15) is 0 Å². The molecule has 62 valence electrons. The average molecular weight is 246 g/mol. The third-order valence-electron chi connectivity index (χ3n) is 1.65. The fourth-order valence-electron chi connectivity index (χ4n) is 1.02. The Morgan fingerprint density at radius 3 is 3.00 bits per heavy atom. The van der Waals surface area contributed by atoms with Crippen molar-refractivity contribution in [1.29, 1.82) is 0 Å². The molecule has 0 atom stereocenters. The maximum Gasteiger partial charge on any atom is 0.204 e. The summed E-state index contributed by atoms with van der Waals surface area (Å²) in [7, 11) is 1.83. The molecule has 0 spiro atoms. The smallest absolute Gasteiger partial charge is 0.204 e. The number of fused-ring (bicyclic) bond motifs is 1. The number of pyridine rings is 1. The molecule has 2 rings (SSSR count). The van der Waals surface area contributed by atoms with Gasteiger partial charge < -0.3 is 4.57 Å². The Morgan fingerprint density at radius 2 is 2.33 bits per heavy atom. The van der Waals surface area contributed by atoms with Gasteiger partial charge in [-0.1, -0.05) is 0 Å². The monoisotopic (exact) mass is 245 g/mol. The molecule has 2 aromatic rings. The minimum atomic E-state index is 0.449. The van der Waals surface area contributed by atoms with Crippen LogP contribution >= 0.6 is 27.5 Å². The van der Waals surface area contributed by atoms with Gasteiger partial charge in [0.2, 0.25) is 5.28 Å². The van der Waals surface area contributed by atoms with Crippen molar-refractivity contribution in [2.24, 2.45) is 7.05 Å². The van der Waals surface area contributed by atoms with Crippen molar-refractivity contribution in [1.82, 2.24) is 14.5 Å². The van der Waals surface area contributed by atoms with E-state index < -0.39 is 0 Å². The first-order valence-corrected chi connectivity index (χ1v) is 4.49. The molecule has 12 heavy (non-hydrogen) atoms. The molecular weight excluding hydrogens is 241 g/mol. The lowest BCUT2D eigenvalue weighted by Crippen LogP contribution is -1.88. The minimum Gasteiger partial charge on any atom is -0.302 e. The molecule has 3 nitrogen and oxygen atoms in total. The summed E-state index contributed by atoms with van der Waals surface area (Å²) in [6.45, 7) is 0. The normalized spacial score (nSPS) is 10.9. The summed E-state index contributed by atoms with van der Waals surface area (Å²) in [6, 6.07) is 1.84. The van der Waals surface area contributed by atoms with Gasteiger partial charge >= 0.3 is 0 Å². The molecule has 0 aliphatic carbocycles. The average Bonchev–Trinajstić information content (AvgIpc) is 2.32. The van der Waals surface area contributed by atoms with Gasteiger partial charge in [0, 0.05) is 17.7 Å². The van der Waals surface area contributed by atoms with E-state index in [0.717, 1.165) is 15.6 Å². The zero-order chi connectivity index (χ0) is 8.72. The van der Waals surface area contributed by atoms with E-state index in [1.165, 1.54) is 0 Å². The van der Waals surface area contributed by atoms with E-state index in [1.54, 1.807) is 10.8 Å². The molecule has 0 bridgehead atoms. The van der Waals surface area contributed by atoms with Gasteiger partial charge in [-0.25, -0.2) is 9.97 Å². The van der Waals surface area contributed by atoms with Crippen LogP contribution in [0.3, 0.4) is 0 Å². The van der Waals surface area contributed by atoms with Gasteiger partial charge in [-0.15, -0.1) is 0 Å². The van der Waals surface area contributed by atoms with Gasteiger partial charge in [0.15, 0.2) is 5.65 Å². The highest BCUT2D eigenvalue weighted by Gasteiger charge is 2.08. The standard InChI is InChI=1S/C7H5BrClN3/c1-12-6-5(11-7(12)9)4(8)2-3-10-6/h2-3H,1H3. The Kier molecular flexibility index (Phi) is 1.81. The van der Waals surface area contributed by atoms with E-state index in [-0.39, 0.29) is 0 Å². The first-order valence-electron chi connectivity index (χ1n) is 3.32. The molecule has 2 heterocycles. The number of rotatable bonds is 0. The summed E-state index contributed by atoms with van der Waals surface area (Å²) in [6.07, 6.45) is 1.71. The molecule has 5 heteroatoms. The van der Waals surface area contributed by atoms with Gasteiger partial charge in [0.1, 0.15) is 5.52 Å². The molecule has 2 aromatic heterocycles. The second-order valence-corrected chi connectivity index (χ2v) is 3.60. The van der Waals surface area contributed by atoms with Crippen LogP contribution in [0.5, 0.6) is 0 Å². The molecule has 0 unspecified atom stereocenters. The van der Waals surface area contributed by atoms with Crippen molar-refractivity contribution < 1.29 is 0 Å². The number of imidazole rings is 1. The second kappa shape index (κ2) is 2.71. The Labute approximate surface area is 82.5 Å². The quantitative estimate of drug-likeness (QED) is 0.714. The fraction of sp³-hybridized carbons (Fsp3) is 0.143. The second-order valence-electron chi connectivity index (χ2n) is 2.40. The van der Waals surface area contributed by atoms with Crippen molar-refractivity contribution in [3.8, 4) is 0 Å². The highest BCUT2D eigenvalue weighted by Crippen LogP contribution is 2.23. The van der Waals surface area contributed by atoms with Gasteiger partial charge in [-0.05, 0) is 33.6 Å². The summed E-state index contributed by atoms with van der Waals surface area (Å²) in [4.78, 5) is 8.28. The molecule has 0 amide bonds. The van der Waals surface area contributed by atoms with Crippen LogP contribution in [0.4, 0.5) is 0 Å². The van der Waals surface area contributed by atoms with Crippen LogP contribution in [-0.2, 0) is 7.05 Å². The lowest BCUT2D eigenvalue weighted by Gasteiger charge is -1.93. The lowest BCUT2D eigenvalue weighted by molar-refractivity contribution is 0.932. The predicted octanol–water partition coefficient (Wildman–Crippen LogP) is 2.38. The van der Waals surface area contributed by atoms with Crippen molar-refractivity contribution >= 4 is 38.7 Å². The molecule has 0 aliphatic heterocycles. The van der Waals surface area contributed by atoms with E-state index >= 15 is 0 Å². The van der Waals surface area contributed by atoms with Crippen LogP contribution in [0.15, 0.2) is 16.7 Å². The Bertz CT molecular complexity index is 437. The van der Waals surface area contributed by atoms with Gasteiger partial charge in [0.05, 0.1) is 0 Å². The van der Waals surface area contributed by atoms with Crippen LogP contribution in [-0.4, -0.2) is 14.5 Å². The Hall–Kier alpha value is -0.610. The summed E-state index contributed by atoms with van der Waals surface area (Å²) in [5.41, 5.74) is 1.58. The van der Waals surface area contributed by atoms with Crippen LogP contribution in [0.2, 0.25) is 5.28 Å². The highest BCUT2D eigenvalue weighted by molar-refractivity contribution is 9.10. The topological polar surface area (TPSA) is 30.7 Å². The number of aryl methyl sites for hydroxylation is 1. The van der Waals surface area contributed by atoms with Gasteiger partial charge in [0.25, 0.3) is 0 Å². The number of hydrogen-bond donors (Lipinski definition) is 0. The fourth-order valence-corrected chi connectivity index (χ4v) is 1.57. The third kappa shape index (κ3) is 1.03. The van der Waals surface area contributed by atoms with Crippen molar-refractivity contribution in [3.63, 3.8) is 0 Å². The van der Waals surface area contributed by atoms with Crippen LogP contribution in [0.25, 0.3) is 11.2 Å². The summed E-state index contributed by atoms with van der Waals surface area (Å²) in [5, 5.41) is 0.449. The van der Waals surface area contributed by atoms with Crippen molar-refractivity contribution in [2.45, 2.75) is 0 Å². The minimum absolute atomic E-state index is 0.449. The molecule has 0 N–H and O–H groups in total. The molecule has 0 saturated heterocycles. The van der Waals surface area contributed by atoms with Crippen molar-refractivity contribution in [3.05, 3.63) is 22.0 Å². The van der Waals surface area contributed by atoms with Gasteiger partial charge in [-0.2, -0.15) is 0 Å². The maximum absolute atomic E-state index is 5.82. The van der Waals surface area contributed by atoms with Gasteiger partial charge in [-0.3, -0.25) is 0 Å². The number of aromatic nitrogens is 3. The lowest BCUT2D eigenvalue weighted by atomic mass is 10.4. The Balaban J connectivity index is 2.95. The Morgan fingerprint density at radius 1 is 1.58 bits per heavy atom. The largest absolute Gasteiger partial charge is 0.302 e. The summed E-state index contributed by atoms with van der Waals surface area (Å²) in [5.74, 6) is 0. The van der Waals surface area contributed by atoms with E-state index in [1.807, 2.05) is 13.1 Å². The van der Waals surface area contributed by atoms with E-state index in [2.05, 4.69) is 25.9 Å². The molecule has 0 saturated carbocycles. The molecule has 0 aromatic carbocycles. The number of halogens is 2. The van der Waals surface area contributed by atoms with E-state index in [0.29, 0.717) is 5.28 Å². The summed E-state index contributed by atoms with van der Waals surface area (Å²) >= 11 is 9.18. The van der Waals surface area contributed by atoms with E-state index in [4.69, 9.17) is 11.6 Å². The molecule has 0 fully saturated rings. The summed E-state index contributed by atoms with van der Waals surface area (Å²) < 4.78 is 2.65. The van der Waals surface area contributed by atoms with Crippen LogP contribution in [0, 0.1) is 0 Å². The molecule has 0 aliphatic rings. The first-order chi connectivity index (χ1) is 5.70. The number of hydrogen-bond acceptors (Lipinski definition) is 2. The molecular formula is C7H5BrClN3.